The maximum Gasteiger partial charge on any atom is 0.311 e. The third-order valence-electron chi connectivity index (χ3n) is 3.70. The first kappa shape index (κ1) is 14.9. The zero-order valence-corrected chi connectivity index (χ0v) is 13.0. The smallest absolute Gasteiger partial charge is 0.311 e. The number of benzene rings is 1. The molecule has 1 aliphatic heterocycles. The molecule has 20 heavy (non-hydrogen) atoms. The lowest BCUT2D eigenvalue weighted by Gasteiger charge is -2.34. The summed E-state index contributed by atoms with van der Waals surface area (Å²) in [6, 6.07) is 3.59. The first-order valence-corrected chi connectivity index (χ1v) is 7.15. The molecular weight excluding hydrogens is 252 g/mol. The molecule has 3 heteroatoms. The van der Waals surface area contributed by atoms with Gasteiger partial charge in [-0.2, -0.15) is 0 Å². The van der Waals surface area contributed by atoms with Gasteiger partial charge >= 0.3 is 5.97 Å². The molecule has 1 aliphatic rings. The highest BCUT2D eigenvalue weighted by Crippen LogP contribution is 2.43. The Hall–Kier alpha value is -1.51. The molecule has 0 atom stereocenters. The number of phenolic OH excluding ortho intramolecular Hbond substituents is 1. The molecule has 1 aromatic carbocycles. The van der Waals surface area contributed by atoms with Crippen molar-refractivity contribution in [2.24, 2.45) is 5.41 Å². The second-order valence-corrected chi connectivity index (χ2v) is 7.57. The molecule has 0 spiro atoms. The fourth-order valence-electron chi connectivity index (χ4n) is 3.28. The number of hydrogen-bond donors (Lipinski definition) is 1. The Morgan fingerprint density at radius 3 is 2.40 bits per heavy atom. The summed E-state index contributed by atoms with van der Waals surface area (Å²) < 4.78 is 5.18. The van der Waals surface area contributed by atoms with E-state index in [1.807, 2.05) is 6.07 Å². The Kier molecular flexibility index (Phi) is 3.57. The number of hydrogen-bond acceptors (Lipinski definition) is 3. The molecule has 0 radical (unpaired) electrons. The highest BCUT2D eigenvalue weighted by atomic mass is 16.5. The van der Waals surface area contributed by atoms with Crippen LogP contribution in [0.1, 0.15) is 58.6 Å². The Morgan fingerprint density at radius 1 is 1.15 bits per heavy atom. The third-order valence-corrected chi connectivity index (χ3v) is 3.70. The van der Waals surface area contributed by atoms with Crippen LogP contribution >= 0.6 is 0 Å². The summed E-state index contributed by atoms with van der Waals surface area (Å²) in [4.78, 5) is 11.3. The Balaban J connectivity index is 2.40. The highest BCUT2D eigenvalue weighted by Gasteiger charge is 2.31. The Bertz CT molecular complexity index is 536. The standard InChI is InChI=1S/C17H24O3/c1-16(2,3)10-17(4,5)12-8-11-6-7-15(19)20-14(11)9-13(12)18/h8-9,18H,6-7,10H2,1-5H3. The van der Waals surface area contributed by atoms with Crippen molar-refractivity contribution in [3.63, 3.8) is 0 Å². The third kappa shape index (κ3) is 3.14. The van der Waals surface area contributed by atoms with Crippen LogP contribution in [0.15, 0.2) is 12.1 Å². The van der Waals surface area contributed by atoms with Crippen molar-refractivity contribution in [2.75, 3.05) is 0 Å². The molecule has 1 aromatic rings. The summed E-state index contributed by atoms with van der Waals surface area (Å²) in [6.07, 6.45) is 2.07. The van der Waals surface area contributed by atoms with Crippen LogP contribution in [0.4, 0.5) is 0 Å². The van der Waals surface area contributed by atoms with Crippen molar-refractivity contribution in [2.45, 2.75) is 59.3 Å². The van der Waals surface area contributed by atoms with Crippen molar-refractivity contribution in [3.8, 4) is 11.5 Å². The number of rotatable bonds is 2. The van der Waals surface area contributed by atoms with E-state index in [9.17, 15) is 9.90 Å². The number of aryl methyl sites for hydroxylation is 1. The number of carbonyl (C=O) groups is 1. The molecule has 0 aromatic heterocycles. The van der Waals surface area contributed by atoms with Gasteiger partial charge in [0.25, 0.3) is 0 Å². The van der Waals surface area contributed by atoms with Crippen molar-refractivity contribution in [3.05, 3.63) is 23.3 Å². The number of fused-ring (bicyclic) bond motifs is 1. The van der Waals surface area contributed by atoms with Gasteiger partial charge < -0.3 is 9.84 Å². The Labute approximate surface area is 121 Å². The van der Waals surface area contributed by atoms with E-state index >= 15 is 0 Å². The van der Waals surface area contributed by atoms with E-state index in [0.717, 1.165) is 17.5 Å². The number of ether oxygens (including phenoxy) is 1. The molecule has 0 unspecified atom stereocenters. The van der Waals surface area contributed by atoms with Crippen LogP contribution in [-0.4, -0.2) is 11.1 Å². The van der Waals surface area contributed by atoms with Crippen LogP contribution in [0.2, 0.25) is 0 Å². The predicted octanol–water partition coefficient (Wildman–Crippen LogP) is 3.96. The Morgan fingerprint density at radius 2 is 1.80 bits per heavy atom. The van der Waals surface area contributed by atoms with Gasteiger partial charge in [0.2, 0.25) is 0 Å². The summed E-state index contributed by atoms with van der Waals surface area (Å²) in [6.45, 7) is 10.9. The lowest BCUT2D eigenvalue weighted by atomic mass is 9.71. The second kappa shape index (κ2) is 4.80. The fraction of sp³-hybridized carbons (Fsp3) is 0.588. The van der Waals surface area contributed by atoms with Crippen LogP contribution in [0.3, 0.4) is 0 Å². The highest BCUT2D eigenvalue weighted by molar-refractivity contribution is 5.75. The molecule has 2 rings (SSSR count). The van der Waals surface area contributed by atoms with Gasteiger partial charge in [0, 0.05) is 11.6 Å². The monoisotopic (exact) mass is 276 g/mol. The van der Waals surface area contributed by atoms with Gasteiger partial charge in [-0.3, -0.25) is 4.79 Å². The van der Waals surface area contributed by atoms with Crippen LogP contribution in [0.5, 0.6) is 11.5 Å². The van der Waals surface area contributed by atoms with Crippen LogP contribution in [0.25, 0.3) is 0 Å². The largest absolute Gasteiger partial charge is 0.508 e. The van der Waals surface area contributed by atoms with E-state index in [1.165, 1.54) is 0 Å². The molecule has 0 fully saturated rings. The summed E-state index contributed by atoms with van der Waals surface area (Å²) in [5.74, 6) is 0.500. The summed E-state index contributed by atoms with van der Waals surface area (Å²) in [7, 11) is 0. The van der Waals surface area contributed by atoms with Crippen molar-refractivity contribution >= 4 is 5.97 Å². The van der Waals surface area contributed by atoms with E-state index in [4.69, 9.17) is 4.74 Å². The SMILES string of the molecule is CC(C)(C)CC(C)(C)c1cc2c(cc1O)OC(=O)CC2. The number of carbonyl (C=O) groups excluding carboxylic acids is 1. The average Bonchev–Trinajstić information content (AvgIpc) is 2.24. The zero-order chi connectivity index (χ0) is 15.1. The van der Waals surface area contributed by atoms with Crippen molar-refractivity contribution in [1.82, 2.24) is 0 Å². The average molecular weight is 276 g/mol. The van der Waals surface area contributed by atoms with E-state index in [-0.39, 0.29) is 22.5 Å². The minimum atomic E-state index is -0.224. The molecule has 0 amide bonds. The fourth-order valence-corrected chi connectivity index (χ4v) is 3.28. The molecule has 0 saturated heterocycles. The number of esters is 1. The minimum absolute atomic E-state index is 0.126. The maximum absolute atomic E-state index is 11.3. The molecule has 1 N–H and O–H groups in total. The normalized spacial score (nSPS) is 15.8. The zero-order valence-electron chi connectivity index (χ0n) is 13.0. The van der Waals surface area contributed by atoms with Crippen LogP contribution < -0.4 is 4.74 Å². The van der Waals surface area contributed by atoms with Crippen molar-refractivity contribution in [1.29, 1.82) is 0 Å². The van der Waals surface area contributed by atoms with Gasteiger partial charge in [0.1, 0.15) is 11.5 Å². The molecule has 1 heterocycles. The number of phenols is 1. The van der Waals surface area contributed by atoms with Crippen LogP contribution in [-0.2, 0) is 16.6 Å². The summed E-state index contributed by atoms with van der Waals surface area (Å²) in [5.41, 5.74) is 2.00. The predicted molar refractivity (Wildman–Crippen MR) is 79.2 cm³/mol. The van der Waals surface area contributed by atoms with Gasteiger partial charge in [-0.1, -0.05) is 34.6 Å². The van der Waals surface area contributed by atoms with E-state index in [0.29, 0.717) is 18.6 Å². The molecular formula is C17H24O3. The van der Waals surface area contributed by atoms with Gasteiger partial charge in [0.05, 0.1) is 6.42 Å². The van der Waals surface area contributed by atoms with Crippen molar-refractivity contribution < 1.29 is 14.6 Å². The van der Waals surface area contributed by atoms with Crippen LogP contribution in [0, 0.1) is 5.41 Å². The first-order chi connectivity index (χ1) is 9.08. The van der Waals surface area contributed by atoms with E-state index in [2.05, 4.69) is 34.6 Å². The molecule has 0 bridgehead atoms. The van der Waals surface area contributed by atoms with E-state index < -0.39 is 0 Å². The molecule has 110 valence electrons. The van der Waals surface area contributed by atoms with Gasteiger partial charge in [-0.05, 0) is 35.3 Å². The lowest BCUT2D eigenvalue weighted by molar-refractivity contribution is -0.135. The van der Waals surface area contributed by atoms with E-state index in [1.54, 1.807) is 6.07 Å². The molecule has 3 nitrogen and oxygen atoms in total. The minimum Gasteiger partial charge on any atom is -0.508 e. The van der Waals surface area contributed by atoms with Gasteiger partial charge in [-0.25, -0.2) is 0 Å². The topological polar surface area (TPSA) is 46.5 Å². The summed E-state index contributed by atoms with van der Waals surface area (Å²) in [5, 5.41) is 10.3. The first-order valence-electron chi connectivity index (χ1n) is 7.15. The lowest BCUT2D eigenvalue weighted by Crippen LogP contribution is -2.25. The summed E-state index contributed by atoms with van der Waals surface area (Å²) >= 11 is 0. The maximum atomic E-state index is 11.3. The van der Waals surface area contributed by atoms with Gasteiger partial charge in [-0.15, -0.1) is 0 Å². The second-order valence-electron chi connectivity index (χ2n) is 7.57. The molecule has 0 saturated carbocycles. The molecule has 0 aliphatic carbocycles. The quantitative estimate of drug-likeness (QED) is 0.657. The number of aromatic hydroxyl groups is 1. The van der Waals surface area contributed by atoms with Gasteiger partial charge in [0.15, 0.2) is 0 Å².